The zero-order valence-electron chi connectivity index (χ0n) is 18.2. The first kappa shape index (κ1) is 23.7. The SMILES string of the molecule is Cn1ccnc1C(=O)c1ccc(NC(=O)C2CCN(S(=O)(=O)c3cc(F)ccc3F)CC2)cc1. The van der Waals surface area contributed by atoms with Crippen LogP contribution in [0.5, 0.6) is 0 Å². The zero-order valence-corrected chi connectivity index (χ0v) is 19.1. The molecule has 1 fully saturated rings. The number of aryl methyl sites for hydroxylation is 1. The van der Waals surface area contributed by atoms with Crippen LogP contribution < -0.4 is 5.32 Å². The first-order valence-corrected chi connectivity index (χ1v) is 12.0. The standard InChI is InChI=1S/C23H22F2N4O4S/c1-28-13-10-26-22(28)21(30)15-2-5-18(6-3-15)27-23(31)16-8-11-29(12-9-16)34(32,33)20-14-17(24)4-7-19(20)25/h2-7,10,13-14,16H,8-9,11-12H2,1H3,(H,27,31). The number of aromatic nitrogens is 2. The van der Waals surface area contributed by atoms with E-state index in [0.717, 1.165) is 16.4 Å². The topological polar surface area (TPSA) is 101 Å². The fraction of sp³-hybridized carbons (Fsp3) is 0.261. The average molecular weight is 489 g/mol. The van der Waals surface area contributed by atoms with Crippen molar-refractivity contribution in [3.63, 3.8) is 0 Å². The summed E-state index contributed by atoms with van der Waals surface area (Å²) in [5.74, 6) is -2.53. The highest BCUT2D eigenvalue weighted by atomic mass is 32.2. The van der Waals surface area contributed by atoms with Crippen LogP contribution in [0.3, 0.4) is 0 Å². The Morgan fingerprint density at radius 1 is 1.06 bits per heavy atom. The average Bonchev–Trinajstić information content (AvgIpc) is 3.26. The molecule has 11 heteroatoms. The molecule has 0 radical (unpaired) electrons. The fourth-order valence-electron chi connectivity index (χ4n) is 3.84. The Morgan fingerprint density at radius 2 is 1.74 bits per heavy atom. The van der Waals surface area contributed by atoms with Crippen LogP contribution in [0, 0.1) is 17.6 Å². The number of piperidine rings is 1. The van der Waals surface area contributed by atoms with Gasteiger partial charge in [0.25, 0.3) is 0 Å². The number of benzene rings is 2. The van der Waals surface area contributed by atoms with Crippen molar-refractivity contribution in [3.8, 4) is 0 Å². The van der Waals surface area contributed by atoms with Gasteiger partial charge in [0.15, 0.2) is 5.82 Å². The molecule has 2 aromatic carbocycles. The highest BCUT2D eigenvalue weighted by Crippen LogP contribution is 2.27. The van der Waals surface area contributed by atoms with Gasteiger partial charge in [-0.2, -0.15) is 4.31 Å². The van der Waals surface area contributed by atoms with E-state index in [1.54, 1.807) is 42.1 Å². The molecule has 0 bridgehead atoms. The predicted molar refractivity (Wildman–Crippen MR) is 120 cm³/mol. The number of carbonyl (C=O) groups is 2. The Balaban J connectivity index is 1.36. The third-order valence-corrected chi connectivity index (χ3v) is 7.69. The number of hydrogen-bond donors (Lipinski definition) is 1. The summed E-state index contributed by atoms with van der Waals surface area (Å²) in [5, 5.41) is 2.78. The van der Waals surface area contributed by atoms with Gasteiger partial charge in [0.2, 0.25) is 21.7 Å². The van der Waals surface area contributed by atoms with Gasteiger partial charge in [-0.3, -0.25) is 9.59 Å². The van der Waals surface area contributed by atoms with Gasteiger partial charge in [-0.15, -0.1) is 0 Å². The number of rotatable bonds is 6. The van der Waals surface area contributed by atoms with Gasteiger partial charge in [0, 0.05) is 49.7 Å². The highest BCUT2D eigenvalue weighted by molar-refractivity contribution is 7.89. The molecule has 1 aromatic heterocycles. The molecule has 0 spiro atoms. The van der Waals surface area contributed by atoms with E-state index >= 15 is 0 Å². The summed E-state index contributed by atoms with van der Waals surface area (Å²) in [4.78, 5) is 28.5. The molecule has 1 amide bonds. The first-order valence-electron chi connectivity index (χ1n) is 10.5. The molecule has 1 saturated heterocycles. The van der Waals surface area contributed by atoms with Crippen molar-refractivity contribution in [1.29, 1.82) is 0 Å². The number of sulfonamides is 1. The number of ketones is 1. The molecule has 1 aliphatic heterocycles. The van der Waals surface area contributed by atoms with Gasteiger partial charge in [-0.25, -0.2) is 22.2 Å². The molecule has 4 rings (SSSR count). The van der Waals surface area contributed by atoms with Crippen molar-refractivity contribution in [2.75, 3.05) is 18.4 Å². The predicted octanol–water partition coefficient (Wildman–Crippen LogP) is 2.97. The molecule has 1 aliphatic rings. The lowest BCUT2D eigenvalue weighted by molar-refractivity contribution is -0.120. The third-order valence-electron chi connectivity index (χ3n) is 5.77. The lowest BCUT2D eigenvalue weighted by Crippen LogP contribution is -2.41. The molecule has 34 heavy (non-hydrogen) atoms. The van der Waals surface area contributed by atoms with Crippen molar-refractivity contribution in [2.24, 2.45) is 13.0 Å². The summed E-state index contributed by atoms with van der Waals surface area (Å²) in [7, 11) is -2.49. The molecule has 2 heterocycles. The largest absolute Gasteiger partial charge is 0.331 e. The lowest BCUT2D eigenvalue weighted by Gasteiger charge is -2.30. The van der Waals surface area contributed by atoms with Crippen molar-refractivity contribution in [3.05, 3.63) is 77.9 Å². The van der Waals surface area contributed by atoms with Crippen LogP contribution in [-0.2, 0) is 21.9 Å². The second-order valence-corrected chi connectivity index (χ2v) is 9.92. The van der Waals surface area contributed by atoms with Crippen LogP contribution in [0.4, 0.5) is 14.5 Å². The van der Waals surface area contributed by atoms with Crippen molar-refractivity contribution >= 4 is 27.4 Å². The van der Waals surface area contributed by atoms with E-state index in [2.05, 4.69) is 10.3 Å². The van der Waals surface area contributed by atoms with Crippen LogP contribution >= 0.6 is 0 Å². The monoisotopic (exact) mass is 488 g/mol. The van der Waals surface area contributed by atoms with Crippen molar-refractivity contribution in [1.82, 2.24) is 13.9 Å². The number of nitrogens with zero attached hydrogens (tertiary/aromatic N) is 3. The molecular formula is C23H22F2N4O4S. The van der Waals surface area contributed by atoms with Crippen LogP contribution in [-0.4, -0.2) is 47.1 Å². The molecule has 0 atom stereocenters. The Kier molecular flexibility index (Phi) is 6.58. The zero-order chi connectivity index (χ0) is 24.5. The van der Waals surface area contributed by atoms with Gasteiger partial charge in [0.05, 0.1) is 0 Å². The molecule has 0 unspecified atom stereocenters. The summed E-state index contributed by atoms with van der Waals surface area (Å²) in [6.45, 7) is 0.0148. The smallest absolute Gasteiger partial charge is 0.246 e. The minimum Gasteiger partial charge on any atom is -0.331 e. The number of imidazole rings is 1. The summed E-state index contributed by atoms with van der Waals surface area (Å²) in [5.41, 5.74) is 0.925. The quantitative estimate of drug-likeness (QED) is 0.538. The number of hydrogen-bond acceptors (Lipinski definition) is 5. The van der Waals surface area contributed by atoms with Gasteiger partial charge in [-0.1, -0.05) is 0 Å². The van der Waals surface area contributed by atoms with Crippen LogP contribution in [0.1, 0.15) is 29.0 Å². The van der Waals surface area contributed by atoms with Crippen molar-refractivity contribution < 1.29 is 26.8 Å². The number of carbonyl (C=O) groups excluding carboxylic acids is 2. The molecular weight excluding hydrogens is 466 g/mol. The number of halogens is 2. The fourth-order valence-corrected chi connectivity index (χ4v) is 5.38. The second kappa shape index (κ2) is 9.43. The van der Waals surface area contributed by atoms with Crippen molar-refractivity contribution in [2.45, 2.75) is 17.7 Å². The van der Waals surface area contributed by atoms with Gasteiger partial charge >= 0.3 is 0 Å². The number of amides is 1. The first-order chi connectivity index (χ1) is 16.2. The Labute approximate surface area is 195 Å². The summed E-state index contributed by atoms with van der Waals surface area (Å²) >= 11 is 0. The molecule has 0 saturated carbocycles. The molecule has 3 aromatic rings. The minimum atomic E-state index is -4.21. The summed E-state index contributed by atoms with van der Waals surface area (Å²) < 4.78 is 55.5. The Bertz CT molecular complexity index is 1330. The molecule has 1 N–H and O–H groups in total. The molecule has 0 aliphatic carbocycles. The van der Waals surface area contributed by atoms with Gasteiger partial charge < -0.3 is 9.88 Å². The van der Waals surface area contributed by atoms with E-state index in [4.69, 9.17) is 0 Å². The second-order valence-electron chi connectivity index (χ2n) is 8.01. The Hall–Kier alpha value is -3.44. The lowest BCUT2D eigenvalue weighted by atomic mass is 9.97. The highest BCUT2D eigenvalue weighted by Gasteiger charge is 2.33. The maximum absolute atomic E-state index is 14.0. The molecule has 178 valence electrons. The van der Waals surface area contributed by atoms with E-state index in [1.165, 1.54) is 6.20 Å². The normalized spacial score (nSPS) is 15.3. The summed E-state index contributed by atoms with van der Waals surface area (Å²) in [6, 6.07) is 8.70. The van der Waals surface area contributed by atoms with Crippen LogP contribution in [0.25, 0.3) is 0 Å². The van der Waals surface area contributed by atoms with Crippen LogP contribution in [0.15, 0.2) is 59.8 Å². The minimum absolute atomic E-state index is 0.00742. The summed E-state index contributed by atoms with van der Waals surface area (Å²) in [6.07, 6.45) is 3.68. The maximum atomic E-state index is 14.0. The van der Waals surface area contributed by atoms with Gasteiger partial charge in [0.1, 0.15) is 16.5 Å². The van der Waals surface area contributed by atoms with Gasteiger partial charge in [-0.05, 0) is 55.3 Å². The maximum Gasteiger partial charge on any atom is 0.246 e. The number of nitrogens with one attached hydrogen (secondary N) is 1. The van der Waals surface area contributed by atoms with Crippen LogP contribution in [0.2, 0.25) is 0 Å². The van der Waals surface area contributed by atoms with E-state index in [9.17, 15) is 26.8 Å². The molecule has 8 nitrogen and oxygen atoms in total. The van der Waals surface area contributed by atoms with E-state index in [0.29, 0.717) is 23.1 Å². The van der Waals surface area contributed by atoms with E-state index < -0.39 is 32.5 Å². The van der Waals surface area contributed by atoms with E-state index in [1.807, 2.05) is 0 Å². The number of anilines is 1. The Morgan fingerprint density at radius 3 is 2.35 bits per heavy atom. The van der Waals surface area contributed by atoms with E-state index in [-0.39, 0.29) is 37.6 Å². The third kappa shape index (κ3) is 4.75.